The SMILES string of the molecule is CC1(C)c2ccccc2-c2ccc(N(c3ccc(-c4ccccc4)cc3)c3ccc(-c4cccs4)s3)cc21. The molecular formula is C35H27NS2. The summed E-state index contributed by atoms with van der Waals surface area (Å²) >= 11 is 3.64. The number of fused-ring (bicyclic) bond motifs is 3. The summed E-state index contributed by atoms with van der Waals surface area (Å²) in [6.07, 6.45) is 0. The van der Waals surface area contributed by atoms with Crippen molar-refractivity contribution in [3.05, 3.63) is 138 Å². The third-order valence-electron chi connectivity index (χ3n) is 7.63. The lowest BCUT2D eigenvalue weighted by Gasteiger charge is -2.27. The number of nitrogens with zero attached hydrogens (tertiary/aromatic N) is 1. The van der Waals surface area contributed by atoms with Crippen molar-refractivity contribution in [2.45, 2.75) is 19.3 Å². The van der Waals surface area contributed by atoms with Gasteiger partial charge in [0, 0.05) is 26.5 Å². The third-order valence-corrected chi connectivity index (χ3v) is 9.77. The van der Waals surface area contributed by atoms with Gasteiger partial charge in [-0.3, -0.25) is 0 Å². The van der Waals surface area contributed by atoms with Crippen LogP contribution in [0.4, 0.5) is 16.4 Å². The van der Waals surface area contributed by atoms with E-state index in [1.807, 2.05) is 11.3 Å². The Morgan fingerprint density at radius 3 is 2.05 bits per heavy atom. The topological polar surface area (TPSA) is 3.24 Å². The Morgan fingerprint density at radius 1 is 0.553 bits per heavy atom. The Hall–Kier alpha value is -3.92. The van der Waals surface area contributed by atoms with Crippen molar-refractivity contribution in [1.82, 2.24) is 0 Å². The molecule has 0 saturated carbocycles. The van der Waals surface area contributed by atoms with Crippen molar-refractivity contribution in [1.29, 1.82) is 0 Å². The molecule has 0 aliphatic heterocycles. The smallest absolute Gasteiger partial charge is 0.101 e. The van der Waals surface area contributed by atoms with Crippen molar-refractivity contribution >= 4 is 39.0 Å². The lowest BCUT2D eigenvalue weighted by atomic mass is 9.82. The first-order chi connectivity index (χ1) is 18.6. The zero-order chi connectivity index (χ0) is 25.7. The second-order valence-electron chi connectivity index (χ2n) is 10.3. The van der Waals surface area contributed by atoms with Crippen molar-refractivity contribution in [3.63, 3.8) is 0 Å². The van der Waals surface area contributed by atoms with Gasteiger partial charge in [-0.15, -0.1) is 22.7 Å². The lowest BCUT2D eigenvalue weighted by Crippen LogP contribution is -2.16. The largest absolute Gasteiger partial charge is 0.302 e. The summed E-state index contributed by atoms with van der Waals surface area (Å²) in [6.45, 7) is 4.70. The molecule has 0 radical (unpaired) electrons. The third kappa shape index (κ3) is 3.82. The van der Waals surface area contributed by atoms with Crippen LogP contribution in [0.25, 0.3) is 32.0 Å². The van der Waals surface area contributed by atoms with E-state index < -0.39 is 0 Å². The van der Waals surface area contributed by atoms with E-state index in [4.69, 9.17) is 0 Å². The molecule has 0 fully saturated rings. The molecule has 1 aliphatic rings. The Balaban J connectivity index is 1.35. The van der Waals surface area contributed by atoms with E-state index in [0.29, 0.717) is 0 Å². The molecule has 4 aromatic carbocycles. The predicted octanol–water partition coefficient (Wildman–Crippen LogP) is 10.9. The van der Waals surface area contributed by atoms with E-state index in [-0.39, 0.29) is 5.41 Å². The Morgan fingerprint density at radius 2 is 1.26 bits per heavy atom. The second kappa shape index (κ2) is 9.13. The van der Waals surface area contributed by atoms with E-state index in [1.165, 1.54) is 53.8 Å². The van der Waals surface area contributed by atoms with Gasteiger partial charge in [-0.2, -0.15) is 0 Å². The normalized spacial score (nSPS) is 13.2. The maximum Gasteiger partial charge on any atom is 0.101 e. The maximum absolute atomic E-state index is 2.41. The predicted molar refractivity (Wildman–Crippen MR) is 165 cm³/mol. The van der Waals surface area contributed by atoms with Gasteiger partial charge < -0.3 is 4.90 Å². The fourth-order valence-electron chi connectivity index (χ4n) is 5.67. The van der Waals surface area contributed by atoms with Crippen molar-refractivity contribution < 1.29 is 0 Å². The van der Waals surface area contributed by atoms with Gasteiger partial charge in [-0.05, 0) is 81.2 Å². The van der Waals surface area contributed by atoms with Gasteiger partial charge in [-0.1, -0.05) is 92.7 Å². The molecule has 184 valence electrons. The molecule has 3 heteroatoms. The average Bonchev–Trinajstić information content (AvgIpc) is 3.71. The number of hydrogen-bond donors (Lipinski definition) is 0. The molecule has 0 N–H and O–H groups in total. The second-order valence-corrected chi connectivity index (χ2v) is 12.3. The molecule has 38 heavy (non-hydrogen) atoms. The van der Waals surface area contributed by atoms with E-state index in [2.05, 4.69) is 145 Å². The lowest BCUT2D eigenvalue weighted by molar-refractivity contribution is 0.660. The average molecular weight is 526 g/mol. The molecule has 1 nitrogen and oxygen atoms in total. The summed E-state index contributed by atoms with van der Waals surface area (Å²) < 4.78 is 0. The molecule has 0 atom stereocenters. The summed E-state index contributed by atoms with van der Waals surface area (Å²) in [5.41, 5.74) is 10.3. The van der Waals surface area contributed by atoms with Crippen LogP contribution < -0.4 is 4.90 Å². The Labute approximate surface area is 232 Å². The highest BCUT2D eigenvalue weighted by molar-refractivity contribution is 7.23. The molecule has 0 unspecified atom stereocenters. The maximum atomic E-state index is 2.41. The van der Waals surface area contributed by atoms with Gasteiger partial charge >= 0.3 is 0 Å². The first-order valence-electron chi connectivity index (χ1n) is 12.9. The molecule has 0 spiro atoms. The zero-order valence-electron chi connectivity index (χ0n) is 21.4. The van der Waals surface area contributed by atoms with Crippen LogP contribution in [0.5, 0.6) is 0 Å². The molecule has 2 heterocycles. The van der Waals surface area contributed by atoms with Crippen LogP contribution in [0.15, 0.2) is 127 Å². The van der Waals surface area contributed by atoms with Crippen molar-refractivity contribution in [2.24, 2.45) is 0 Å². The van der Waals surface area contributed by atoms with Crippen LogP contribution >= 0.6 is 22.7 Å². The summed E-state index contributed by atoms with van der Waals surface area (Å²) in [5, 5.41) is 3.36. The summed E-state index contributed by atoms with van der Waals surface area (Å²) in [4.78, 5) is 5.02. The van der Waals surface area contributed by atoms with Crippen LogP contribution in [-0.2, 0) is 5.41 Å². The quantitative estimate of drug-likeness (QED) is 0.216. The van der Waals surface area contributed by atoms with E-state index >= 15 is 0 Å². The van der Waals surface area contributed by atoms with Gasteiger partial charge in [0.25, 0.3) is 0 Å². The summed E-state index contributed by atoms with van der Waals surface area (Å²) in [6, 6.07) is 44.3. The number of rotatable bonds is 5. The van der Waals surface area contributed by atoms with Gasteiger partial charge in [0.2, 0.25) is 0 Å². The number of benzene rings is 4. The van der Waals surface area contributed by atoms with E-state index in [0.717, 1.165) is 5.69 Å². The number of thiophene rings is 2. The fraction of sp³-hybridized carbons (Fsp3) is 0.0857. The van der Waals surface area contributed by atoms with Crippen molar-refractivity contribution in [2.75, 3.05) is 4.90 Å². The fourth-order valence-corrected chi connectivity index (χ4v) is 7.55. The Bertz CT molecular complexity index is 1730. The molecule has 2 aromatic heterocycles. The number of hydrogen-bond acceptors (Lipinski definition) is 3. The molecule has 6 aromatic rings. The van der Waals surface area contributed by atoms with Gasteiger partial charge in [0.1, 0.15) is 5.00 Å². The van der Waals surface area contributed by atoms with Gasteiger partial charge in [-0.25, -0.2) is 0 Å². The highest BCUT2D eigenvalue weighted by Gasteiger charge is 2.35. The standard InChI is InChI=1S/C35H27NS2/c1-35(2)30-12-7-6-11-28(30)29-19-18-27(23-31(29)35)36(34-21-20-33(38-34)32-13-8-22-37-32)26-16-14-25(15-17-26)24-9-4-3-5-10-24/h3-23H,1-2H3. The molecule has 0 saturated heterocycles. The van der Waals surface area contributed by atoms with Crippen LogP contribution in [0.1, 0.15) is 25.0 Å². The zero-order valence-corrected chi connectivity index (χ0v) is 23.0. The molecule has 0 bridgehead atoms. The van der Waals surface area contributed by atoms with E-state index in [9.17, 15) is 0 Å². The summed E-state index contributed by atoms with van der Waals surface area (Å²) in [5.74, 6) is 0. The van der Waals surface area contributed by atoms with E-state index in [1.54, 1.807) is 11.3 Å². The molecule has 0 amide bonds. The number of anilines is 3. The monoisotopic (exact) mass is 525 g/mol. The van der Waals surface area contributed by atoms with Gasteiger partial charge in [0.05, 0.1) is 0 Å². The van der Waals surface area contributed by atoms with Crippen molar-refractivity contribution in [3.8, 4) is 32.0 Å². The molecule has 7 rings (SSSR count). The first kappa shape index (κ1) is 23.2. The van der Waals surface area contributed by atoms with Gasteiger partial charge in [0.15, 0.2) is 0 Å². The Kier molecular flexibility index (Phi) is 5.57. The highest BCUT2D eigenvalue weighted by Crippen LogP contribution is 2.51. The highest BCUT2D eigenvalue weighted by atomic mass is 32.1. The minimum Gasteiger partial charge on any atom is -0.302 e. The van der Waals surface area contributed by atoms with Crippen LogP contribution in [0, 0.1) is 0 Å². The summed E-state index contributed by atoms with van der Waals surface area (Å²) in [7, 11) is 0. The molecule has 1 aliphatic carbocycles. The minimum absolute atomic E-state index is 0.0393. The molecular weight excluding hydrogens is 499 g/mol. The first-order valence-corrected chi connectivity index (χ1v) is 14.6. The minimum atomic E-state index is -0.0393. The van der Waals surface area contributed by atoms with Crippen LogP contribution in [0.2, 0.25) is 0 Å². The van der Waals surface area contributed by atoms with Crippen LogP contribution in [0.3, 0.4) is 0 Å². The van der Waals surface area contributed by atoms with Crippen LogP contribution in [-0.4, -0.2) is 0 Å².